The zero-order valence-electron chi connectivity index (χ0n) is 11.0. The maximum atomic E-state index is 13.2. The maximum Gasteiger partial charge on any atom is 0.126 e. The minimum Gasteiger partial charge on any atom is -0.310 e. The quantitative estimate of drug-likeness (QED) is 0.865. The fourth-order valence-corrected chi connectivity index (χ4v) is 2.92. The second-order valence-corrected chi connectivity index (χ2v) is 5.70. The molecule has 0 aliphatic heterocycles. The van der Waals surface area contributed by atoms with Crippen LogP contribution in [0.2, 0.25) is 0 Å². The summed E-state index contributed by atoms with van der Waals surface area (Å²) in [7, 11) is 0. The molecule has 0 saturated carbocycles. The van der Waals surface area contributed by atoms with Crippen LogP contribution in [0.5, 0.6) is 0 Å². The number of hydrogen-bond acceptors (Lipinski definition) is 2. The van der Waals surface area contributed by atoms with E-state index in [0.29, 0.717) is 12.0 Å². The number of rotatable bonds is 5. The number of thiophene rings is 1. The number of halogens is 2. The zero-order valence-corrected chi connectivity index (χ0v) is 11.9. The Labute approximate surface area is 116 Å². The van der Waals surface area contributed by atoms with Gasteiger partial charge in [-0.05, 0) is 54.6 Å². The number of nitrogens with one attached hydrogen (secondary N) is 1. The van der Waals surface area contributed by atoms with E-state index in [1.54, 1.807) is 11.3 Å². The molecule has 2 rings (SSSR count). The Balaban J connectivity index is 2.20. The predicted octanol–water partition coefficient (Wildman–Crippen LogP) is 4.23. The third-order valence-electron chi connectivity index (χ3n) is 2.97. The minimum absolute atomic E-state index is 0.0937. The molecule has 102 valence electrons. The van der Waals surface area contributed by atoms with Crippen LogP contribution in [0, 0.1) is 18.6 Å². The van der Waals surface area contributed by atoms with Crippen molar-refractivity contribution in [1.82, 2.24) is 5.32 Å². The molecule has 1 aromatic carbocycles. The average molecular weight is 281 g/mol. The first-order valence-corrected chi connectivity index (χ1v) is 7.20. The number of aryl methyl sites for hydroxylation is 1. The van der Waals surface area contributed by atoms with Gasteiger partial charge in [-0.2, -0.15) is 0 Å². The lowest BCUT2D eigenvalue weighted by atomic mass is 10.0. The average Bonchev–Trinajstić information content (AvgIpc) is 2.74. The van der Waals surface area contributed by atoms with Crippen LogP contribution in [0.4, 0.5) is 8.78 Å². The van der Waals surface area contributed by atoms with E-state index in [0.717, 1.165) is 12.6 Å². The van der Waals surface area contributed by atoms with Gasteiger partial charge < -0.3 is 5.32 Å². The van der Waals surface area contributed by atoms with Gasteiger partial charge in [-0.1, -0.05) is 6.92 Å². The standard InChI is InChI=1S/C15H17F2NS/c1-3-18-15(12-4-10(2)19-9-12)7-11-5-13(16)8-14(17)6-11/h4-6,8-9,15,18H,3,7H2,1-2H3. The molecule has 1 atom stereocenters. The van der Waals surface area contributed by atoms with E-state index < -0.39 is 11.6 Å². The molecule has 4 heteroatoms. The van der Waals surface area contributed by atoms with Crippen LogP contribution in [-0.2, 0) is 6.42 Å². The molecule has 0 bridgehead atoms. The summed E-state index contributed by atoms with van der Waals surface area (Å²) in [5.41, 5.74) is 1.85. The van der Waals surface area contributed by atoms with Crippen molar-refractivity contribution in [3.05, 3.63) is 57.3 Å². The number of hydrogen-bond donors (Lipinski definition) is 1. The molecule has 1 nitrogen and oxygen atoms in total. The monoisotopic (exact) mass is 281 g/mol. The van der Waals surface area contributed by atoms with E-state index in [2.05, 4.69) is 23.7 Å². The molecule has 19 heavy (non-hydrogen) atoms. The van der Waals surface area contributed by atoms with Crippen molar-refractivity contribution >= 4 is 11.3 Å². The van der Waals surface area contributed by atoms with Gasteiger partial charge in [-0.15, -0.1) is 11.3 Å². The molecular weight excluding hydrogens is 264 g/mol. The molecule has 0 amide bonds. The molecule has 1 unspecified atom stereocenters. The van der Waals surface area contributed by atoms with Gasteiger partial charge in [0, 0.05) is 17.0 Å². The third kappa shape index (κ3) is 3.85. The van der Waals surface area contributed by atoms with Crippen LogP contribution in [-0.4, -0.2) is 6.54 Å². The molecule has 1 heterocycles. The van der Waals surface area contributed by atoms with Crippen molar-refractivity contribution in [3.8, 4) is 0 Å². The first-order valence-electron chi connectivity index (χ1n) is 6.32. The van der Waals surface area contributed by atoms with E-state index in [1.165, 1.54) is 22.6 Å². The van der Waals surface area contributed by atoms with Gasteiger partial charge in [0.2, 0.25) is 0 Å². The highest BCUT2D eigenvalue weighted by Crippen LogP contribution is 2.24. The van der Waals surface area contributed by atoms with Crippen LogP contribution in [0.15, 0.2) is 29.6 Å². The summed E-state index contributed by atoms with van der Waals surface area (Å²) in [6, 6.07) is 5.91. The van der Waals surface area contributed by atoms with Crippen LogP contribution in [0.1, 0.15) is 29.0 Å². The van der Waals surface area contributed by atoms with Crippen molar-refractivity contribution in [3.63, 3.8) is 0 Å². The Kier molecular flexibility index (Phi) is 4.66. The molecule has 0 fully saturated rings. The van der Waals surface area contributed by atoms with Crippen molar-refractivity contribution in [2.45, 2.75) is 26.3 Å². The SMILES string of the molecule is CCNC(Cc1cc(F)cc(F)c1)c1csc(C)c1. The molecule has 2 aromatic rings. The van der Waals surface area contributed by atoms with Gasteiger partial charge in [-0.25, -0.2) is 8.78 Å². The highest BCUT2D eigenvalue weighted by molar-refractivity contribution is 7.10. The Morgan fingerprint density at radius 2 is 1.84 bits per heavy atom. The summed E-state index contributed by atoms with van der Waals surface area (Å²) in [5.74, 6) is -1.04. The fourth-order valence-electron chi connectivity index (χ4n) is 2.17. The summed E-state index contributed by atoms with van der Waals surface area (Å²) in [6.07, 6.45) is 0.582. The van der Waals surface area contributed by atoms with Gasteiger partial charge in [0.15, 0.2) is 0 Å². The van der Waals surface area contributed by atoms with E-state index in [1.807, 2.05) is 6.92 Å². The van der Waals surface area contributed by atoms with Gasteiger partial charge in [0.25, 0.3) is 0 Å². The van der Waals surface area contributed by atoms with Crippen molar-refractivity contribution in [2.75, 3.05) is 6.54 Å². The van der Waals surface area contributed by atoms with Crippen LogP contribution in [0.25, 0.3) is 0 Å². The highest BCUT2D eigenvalue weighted by Gasteiger charge is 2.13. The van der Waals surface area contributed by atoms with Crippen LogP contribution < -0.4 is 5.32 Å². The fraction of sp³-hybridized carbons (Fsp3) is 0.333. The minimum atomic E-state index is -0.522. The first kappa shape index (κ1) is 14.2. The van der Waals surface area contributed by atoms with Crippen molar-refractivity contribution in [1.29, 1.82) is 0 Å². The lowest BCUT2D eigenvalue weighted by molar-refractivity contribution is 0.540. The number of likely N-dealkylation sites (N-methyl/N-ethyl adjacent to an activating group) is 1. The van der Waals surface area contributed by atoms with E-state index in [9.17, 15) is 8.78 Å². The number of benzene rings is 1. The molecule has 0 saturated heterocycles. The summed E-state index contributed by atoms with van der Waals surface area (Å²) < 4.78 is 26.4. The Bertz CT molecular complexity index is 531. The second-order valence-electron chi connectivity index (χ2n) is 4.58. The Hall–Kier alpha value is -1.26. The van der Waals surface area contributed by atoms with Crippen molar-refractivity contribution < 1.29 is 8.78 Å². The summed E-state index contributed by atoms with van der Waals surface area (Å²) in [5, 5.41) is 5.46. The second kappa shape index (κ2) is 6.26. The topological polar surface area (TPSA) is 12.0 Å². The zero-order chi connectivity index (χ0) is 13.8. The lowest BCUT2D eigenvalue weighted by Gasteiger charge is -2.17. The predicted molar refractivity (Wildman–Crippen MR) is 75.5 cm³/mol. The smallest absolute Gasteiger partial charge is 0.126 e. The molecule has 0 aliphatic rings. The van der Waals surface area contributed by atoms with Gasteiger partial charge in [0.1, 0.15) is 11.6 Å². The van der Waals surface area contributed by atoms with E-state index in [4.69, 9.17) is 0 Å². The van der Waals surface area contributed by atoms with Crippen LogP contribution in [0.3, 0.4) is 0 Å². The Morgan fingerprint density at radius 3 is 2.37 bits per heavy atom. The summed E-state index contributed by atoms with van der Waals surface area (Å²) in [6.45, 7) is 4.90. The summed E-state index contributed by atoms with van der Waals surface area (Å²) in [4.78, 5) is 1.24. The maximum absolute atomic E-state index is 13.2. The molecule has 0 radical (unpaired) electrons. The normalized spacial score (nSPS) is 12.6. The van der Waals surface area contributed by atoms with Crippen LogP contribution >= 0.6 is 11.3 Å². The molecule has 1 aromatic heterocycles. The Morgan fingerprint density at radius 1 is 1.16 bits per heavy atom. The van der Waals surface area contributed by atoms with Gasteiger partial charge >= 0.3 is 0 Å². The van der Waals surface area contributed by atoms with Gasteiger partial charge in [-0.3, -0.25) is 0 Å². The molecule has 0 spiro atoms. The van der Waals surface area contributed by atoms with Crippen molar-refractivity contribution in [2.24, 2.45) is 0 Å². The van der Waals surface area contributed by atoms with E-state index >= 15 is 0 Å². The molecule has 0 aliphatic carbocycles. The lowest BCUT2D eigenvalue weighted by Crippen LogP contribution is -2.22. The largest absolute Gasteiger partial charge is 0.310 e. The summed E-state index contributed by atoms with van der Waals surface area (Å²) >= 11 is 1.69. The van der Waals surface area contributed by atoms with Gasteiger partial charge in [0.05, 0.1) is 0 Å². The molecular formula is C15H17F2NS. The third-order valence-corrected chi connectivity index (χ3v) is 3.85. The van der Waals surface area contributed by atoms with E-state index in [-0.39, 0.29) is 6.04 Å². The highest BCUT2D eigenvalue weighted by atomic mass is 32.1. The molecule has 1 N–H and O–H groups in total. The first-order chi connectivity index (χ1) is 9.08.